The highest BCUT2D eigenvalue weighted by atomic mass is 16.5. The van der Waals surface area contributed by atoms with E-state index in [-0.39, 0.29) is 41.7 Å². The lowest BCUT2D eigenvalue weighted by Gasteiger charge is -2.36. The molecule has 0 unspecified atom stereocenters. The molecule has 2 aromatic carbocycles. The van der Waals surface area contributed by atoms with Crippen LogP contribution in [0.25, 0.3) is 0 Å². The van der Waals surface area contributed by atoms with Crippen LogP contribution in [0.15, 0.2) is 54.7 Å². The molecule has 1 fully saturated rings. The van der Waals surface area contributed by atoms with Crippen LogP contribution < -0.4 is 14.8 Å². The third-order valence-corrected chi connectivity index (χ3v) is 9.64. The summed E-state index contributed by atoms with van der Waals surface area (Å²) in [7, 11) is 3.44. The van der Waals surface area contributed by atoms with Crippen LogP contribution in [0.5, 0.6) is 11.5 Å². The molecular weight excluding hydrogens is 662 g/mol. The number of carbonyl (C=O) groups excluding carboxylic acids is 4. The highest BCUT2D eigenvalue weighted by Gasteiger charge is 2.41. The number of fused-ring (bicyclic) bond motifs is 14. The van der Waals surface area contributed by atoms with E-state index in [9.17, 15) is 19.2 Å². The van der Waals surface area contributed by atoms with Crippen LogP contribution in [0.4, 0.5) is 0 Å². The van der Waals surface area contributed by atoms with Crippen molar-refractivity contribution in [3.05, 3.63) is 71.5 Å². The number of amides is 4. The van der Waals surface area contributed by atoms with Gasteiger partial charge in [-0.3, -0.25) is 19.2 Å². The van der Waals surface area contributed by atoms with Gasteiger partial charge in [0.25, 0.3) is 5.91 Å². The maximum atomic E-state index is 14.3. The van der Waals surface area contributed by atoms with E-state index < -0.39 is 24.0 Å². The molecular formula is C39H53N7O6. The summed E-state index contributed by atoms with van der Waals surface area (Å²) in [5.74, 6) is 0.131. The predicted molar refractivity (Wildman–Crippen MR) is 196 cm³/mol. The summed E-state index contributed by atoms with van der Waals surface area (Å²) in [4.78, 5) is 61.0. The Hall–Kier alpha value is -4.94. The molecule has 280 valence electrons. The smallest absolute Gasteiger partial charge is 0.255 e. The molecule has 52 heavy (non-hydrogen) atoms. The molecule has 13 heteroatoms. The Labute approximate surface area is 306 Å². The molecule has 0 saturated carbocycles. The van der Waals surface area contributed by atoms with Gasteiger partial charge in [-0.25, -0.2) is 4.68 Å². The lowest BCUT2D eigenvalue weighted by atomic mass is 9.99. The Morgan fingerprint density at radius 3 is 2.31 bits per heavy atom. The van der Waals surface area contributed by atoms with Gasteiger partial charge in [0, 0.05) is 27.2 Å². The first-order chi connectivity index (χ1) is 24.9. The minimum absolute atomic E-state index is 0.0826. The molecule has 3 aromatic rings. The van der Waals surface area contributed by atoms with Crippen LogP contribution in [0.3, 0.4) is 0 Å². The summed E-state index contributed by atoms with van der Waals surface area (Å²) in [6, 6.07) is 12.4. The molecule has 3 aliphatic rings. The monoisotopic (exact) mass is 715 g/mol. The molecule has 1 aromatic heterocycles. The van der Waals surface area contributed by atoms with Crippen molar-refractivity contribution in [1.29, 1.82) is 0 Å². The number of hydrogen-bond acceptors (Lipinski definition) is 8. The minimum atomic E-state index is -0.864. The van der Waals surface area contributed by atoms with Gasteiger partial charge in [0.05, 0.1) is 18.3 Å². The van der Waals surface area contributed by atoms with Crippen molar-refractivity contribution in [2.45, 2.75) is 91.1 Å². The van der Waals surface area contributed by atoms with E-state index in [1.54, 1.807) is 59.0 Å². The van der Waals surface area contributed by atoms with E-state index in [2.05, 4.69) is 15.6 Å². The van der Waals surface area contributed by atoms with Crippen LogP contribution in [0, 0.1) is 11.8 Å². The number of carbonyl (C=O) groups is 4. The molecule has 1 saturated heterocycles. The molecule has 4 heterocycles. The average Bonchev–Trinajstić information content (AvgIpc) is 3.81. The fraction of sp³-hybridized carbons (Fsp3) is 0.538. The van der Waals surface area contributed by atoms with Gasteiger partial charge in [0.2, 0.25) is 17.7 Å². The normalized spacial score (nSPS) is 21.5. The molecule has 3 aliphatic heterocycles. The number of nitrogens with zero attached hydrogens (tertiary/aromatic N) is 6. The predicted octanol–water partition coefficient (Wildman–Crippen LogP) is 3.96. The summed E-state index contributed by atoms with van der Waals surface area (Å²) in [6.45, 7) is 9.83. The molecule has 6 rings (SSSR count). The van der Waals surface area contributed by atoms with E-state index in [0.29, 0.717) is 69.8 Å². The number of rotatable bonds is 4. The summed E-state index contributed by atoms with van der Waals surface area (Å²) in [5, 5.41) is 11.4. The Bertz CT molecular complexity index is 1690. The second-order valence-electron chi connectivity index (χ2n) is 14.7. The van der Waals surface area contributed by atoms with Crippen LogP contribution >= 0.6 is 0 Å². The molecule has 1 N–H and O–H groups in total. The fourth-order valence-corrected chi connectivity index (χ4v) is 6.79. The first kappa shape index (κ1) is 38.3. The Balaban J connectivity index is 1.44. The first-order valence-electron chi connectivity index (χ1n) is 18.4. The fourth-order valence-electron chi connectivity index (χ4n) is 6.79. The van der Waals surface area contributed by atoms with Crippen LogP contribution in [-0.2, 0) is 34.0 Å². The zero-order chi connectivity index (χ0) is 37.4. The van der Waals surface area contributed by atoms with Crippen LogP contribution in [0.2, 0.25) is 0 Å². The number of para-hydroxylation sites is 1. The number of hydrogen-bond donors (Lipinski definition) is 1. The van der Waals surface area contributed by atoms with Crippen molar-refractivity contribution >= 4 is 23.6 Å². The van der Waals surface area contributed by atoms with E-state index in [1.807, 2.05) is 52.0 Å². The maximum Gasteiger partial charge on any atom is 0.255 e. The van der Waals surface area contributed by atoms with E-state index in [1.165, 1.54) is 4.90 Å². The standard InChI is InChI=1S/C39H53N7O6/c1-26(2)22-32-37(48)46-18-9-11-33(46)39(50)44(6)34(23-27(3)4)38(49)43(5)19-17-28-13-15-30(16-14-28)51-21-20-45-24-29(41-42-45)25-52-35-12-8-7-10-31(35)36(47)40-32/h7-8,10,12-16,24,26-27,32-34H,9,11,17-23,25H2,1-6H3,(H,40,47)/t32-,33-,34+/m1/s1. The number of ether oxygens (including phenoxy) is 2. The van der Waals surface area contributed by atoms with Gasteiger partial charge in [-0.15, -0.1) is 5.10 Å². The van der Waals surface area contributed by atoms with E-state index >= 15 is 0 Å². The molecule has 0 spiro atoms. The van der Waals surface area contributed by atoms with Crippen molar-refractivity contribution in [2.24, 2.45) is 11.8 Å². The number of likely N-dealkylation sites (N-methyl/N-ethyl adjacent to an activating group) is 2. The number of benzene rings is 2. The van der Waals surface area contributed by atoms with Crippen LogP contribution in [-0.4, -0.2) is 105 Å². The molecule has 0 aliphatic carbocycles. The lowest BCUT2D eigenvalue weighted by Crippen LogP contribution is -2.57. The van der Waals surface area contributed by atoms with Gasteiger partial charge in [0.1, 0.15) is 48.5 Å². The van der Waals surface area contributed by atoms with Gasteiger partial charge in [0.15, 0.2) is 0 Å². The first-order valence-corrected chi connectivity index (χ1v) is 18.4. The second kappa shape index (κ2) is 17.5. The summed E-state index contributed by atoms with van der Waals surface area (Å²) in [6.07, 6.45) is 4.41. The zero-order valence-corrected chi connectivity index (χ0v) is 31.3. The summed E-state index contributed by atoms with van der Waals surface area (Å²) < 4.78 is 13.7. The van der Waals surface area contributed by atoms with Gasteiger partial charge < -0.3 is 29.5 Å². The summed E-state index contributed by atoms with van der Waals surface area (Å²) in [5.41, 5.74) is 1.92. The van der Waals surface area contributed by atoms with Crippen LogP contribution in [0.1, 0.15) is 75.0 Å². The third kappa shape index (κ3) is 9.68. The zero-order valence-electron chi connectivity index (χ0n) is 31.3. The molecule has 3 atom stereocenters. The van der Waals surface area contributed by atoms with Gasteiger partial charge in [-0.2, -0.15) is 0 Å². The third-order valence-electron chi connectivity index (χ3n) is 9.64. The van der Waals surface area contributed by atoms with Crippen molar-refractivity contribution in [3.8, 4) is 11.5 Å². The lowest BCUT2D eigenvalue weighted by molar-refractivity contribution is -0.150. The molecule has 4 amide bonds. The van der Waals surface area contributed by atoms with Crippen molar-refractivity contribution in [3.63, 3.8) is 0 Å². The number of nitrogens with one attached hydrogen (secondary N) is 1. The molecule has 13 nitrogen and oxygen atoms in total. The van der Waals surface area contributed by atoms with E-state index in [0.717, 1.165) is 11.3 Å². The topological polar surface area (TPSA) is 139 Å². The Kier molecular flexibility index (Phi) is 12.9. The van der Waals surface area contributed by atoms with Crippen molar-refractivity contribution in [2.75, 3.05) is 33.8 Å². The maximum absolute atomic E-state index is 14.3. The highest BCUT2D eigenvalue weighted by Crippen LogP contribution is 2.26. The Morgan fingerprint density at radius 2 is 1.58 bits per heavy atom. The minimum Gasteiger partial charge on any atom is -0.492 e. The van der Waals surface area contributed by atoms with Crippen molar-refractivity contribution in [1.82, 2.24) is 35.0 Å². The Morgan fingerprint density at radius 1 is 0.846 bits per heavy atom. The number of aromatic nitrogens is 3. The van der Waals surface area contributed by atoms with Gasteiger partial charge >= 0.3 is 0 Å². The van der Waals surface area contributed by atoms with E-state index in [4.69, 9.17) is 9.47 Å². The molecule has 4 bridgehead atoms. The quantitative estimate of drug-likeness (QED) is 0.429. The summed E-state index contributed by atoms with van der Waals surface area (Å²) >= 11 is 0. The SMILES string of the molecule is CC(C)C[C@H]1NC(=O)c2ccccc2OCc2cn(nn2)CCOc2ccc(cc2)CCN(C)C(=O)[C@H](CC(C)C)N(C)C(=O)[C@H]2CCCN2C1=O. The van der Waals surface area contributed by atoms with Crippen molar-refractivity contribution < 1.29 is 28.7 Å². The largest absolute Gasteiger partial charge is 0.492 e. The van der Waals surface area contributed by atoms with Gasteiger partial charge in [-0.1, -0.05) is 57.2 Å². The molecule has 0 radical (unpaired) electrons. The highest BCUT2D eigenvalue weighted by molar-refractivity contribution is 6.00. The second-order valence-corrected chi connectivity index (χ2v) is 14.7. The average molecular weight is 716 g/mol. The van der Waals surface area contributed by atoms with Gasteiger partial charge in [-0.05, 0) is 73.8 Å².